The normalized spacial score (nSPS) is 26.6. The Kier molecular flexibility index (Phi) is 4.08. The van der Waals surface area contributed by atoms with Crippen LogP contribution in [-0.2, 0) is 9.53 Å². The molecule has 0 aromatic rings. The second-order valence-corrected chi connectivity index (χ2v) is 7.47. The zero-order valence-electron chi connectivity index (χ0n) is 12.9. The van der Waals surface area contributed by atoms with E-state index in [9.17, 15) is 4.79 Å². The number of methoxy groups -OCH3 is 1. The lowest BCUT2D eigenvalue weighted by Crippen LogP contribution is -2.34. The molecule has 0 spiro atoms. The summed E-state index contributed by atoms with van der Waals surface area (Å²) in [5.41, 5.74) is 0.358. The molecule has 19 heavy (non-hydrogen) atoms. The summed E-state index contributed by atoms with van der Waals surface area (Å²) in [6.45, 7) is 6.76. The van der Waals surface area contributed by atoms with E-state index < -0.39 is 0 Å². The Bertz CT molecular complexity index is 365. The predicted molar refractivity (Wildman–Crippen MR) is 77.8 cm³/mol. The molecular weight excluding hydrogens is 236 g/mol. The fourth-order valence-corrected chi connectivity index (χ4v) is 3.28. The van der Waals surface area contributed by atoms with E-state index in [1.165, 1.54) is 19.3 Å². The number of hydrogen-bond donors (Lipinski definition) is 0. The van der Waals surface area contributed by atoms with Crippen LogP contribution in [0.25, 0.3) is 0 Å². The summed E-state index contributed by atoms with van der Waals surface area (Å²) >= 11 is 0. The zero-order valence-corrected chi connectivity index (χ0v) is 12.9. The van der Waals surface area contributed by atoms with Crippen LogP contribution in [0.4, 0.5) is 0 Å². The van der Waals surface area contributed by atoms with Crippen LogP contribution < -0.4 is 0 Å². The number of allylic oxidation sites excluding steroid dienone is 2. The van der Waals surface area contributed by atoms with Gasteiger partial charge in [0.2, 0.25) is 0 Å². The fourth-order valence-electron chi connectivity index (χ4n) is 3.28. The van der Waals surface area contributed by atoms with Gasteiger partial charge >= 0.3 is 0 Å². The standard InChI is InChI=1S/C17H28O2/c1-16(2)10-6-13(7-11-16)14(19-4)12-15(18)17(3)8-5-9-17/h12-13H,5-11H2,1-4H3/b14-12-. The lowest BCUT2D eigenvalue weighted by molar-refractivity contribution is -0.127. The van der Waals surface area contributed by atoms with Gasteiger partial charge in [-0.05, 0) is 43.9 Å². The van der Waals surface area contributed by atoms with E-state index in [2.05, 4.69) is 20.8 Å². The summed E-state index contributed by atoms with van der Waals surface area (Å²) in [6.07, 6.45) is 9.83. The number of ether oxygens (including phenoxy) is 1. The molecule has 0 aromatic heterocycles. The van der Waals surface area contributed by atoms with Crippen LogP contribution in [0.3, 0.4) is 0 Å². The van der Waals surface area contributed by atoms with Gasteiger partial charge in [0, 0.05) is 17.4 Å². The molecule has 0 unspecified atom stereocenters. The van der Waals surface area contributed by atoms with Gasteiger partial charge in [-0.25, -0.2) is 0 Å². The highest BCUT2D eigenvalue weighted by atomic mass is 16.5. The van der Waals surface area contributed by atoms with Crippen molar-refractivity contribution < 1.29 is 9.53 Å². The third-order valence-electron chi connectivity index (χ3n) is 5.30. The highest BCUT2D eigenvalue weighted by molar-refractivity contribution is 5.95. The first-order valence-corrected chi connectivity index (χ1v) is 7.66. The second kappa shape index (κ2) is 5.30. The summed E-state index contributed by atoms with van der Waals surface area (Å²) in [5.74, 6) is 1.65. The highest BCUT2D eigenvalue weighted by Gasteiger charge is 2.38. The second-order valence-electron chi connectivity index (χ2n) is 7.47. The highest BCUT2D eigenvalue weighted by Crippen LogP contribution is 2.43. The molecule has 0 saturated heterocycles. The minimum atomic E-state index is -0.0995. The number of ketones is 1. The largest absolute Gasteiger partial charge is 0.501 e. The average Bonchev–Trinajstić information content (AvgIpc) is 2.33. The Morgan fingerprint density at radius 2 is 1.68 bits per heavy atom. The number of carbonyl (C=O) groups excluding carboxylic acids is 1. The summed E-state index contributed by atoms with van der Waals surface area (Å²) in [7, 11) is 1.71. The molecule has 0 heterocycles. The first-order valence-electron chi connectivity index (χ1n) is 7.66. The summed E-state index contributed by atoms with van der Waals surface area (Å²) < 4.78 is 5.53. The van der Waals surface area contributed by atoms with E-state index in [1.54, 1.807) is 7.11 Å². The molecule has 2 aliphatic rings. The maximum atomic E-state index is 12.3. The van der Waals surface area contributed by atoms with Crippen molar-refractivity contribution in [2.24, 2.45) is 16.7 Å². The van der Waals surface area contributed by atoms with E-state index in [0.717, 1.165) is 31.4 Å². The van der Waals surface area contributed by atoms with Crippen LogP contribution in [0, 0.1) is 16.7 Å². The number of carbonyl (C=O) groups is 1. The molecule has 2 heteroatoms. The van der Waals surface area contributed by atoms with Crippen molar-refractivity contribution in [1.29, 1.82) is 0 Å². The summed E-state index contributed by atoms with van der Waals surface area (Å²) in [6, 6.07) is 0. The van der Waals surface area contributed by atoms with Gasteiger partial charge in [0.05, 0.1) is 7.11 Å². The maximum Gasteiger partial charge on any atom is 0.164 e. The van der Waals surface area contributed by atoms with E-state index in [-0.39, 0.29) is 11.2 Å². The minimum absolute atomic E-state index is 0.0995. The lowest BCUT2D eigenvalue weighted by Gasteiger charge is -2.37. The Hall–Kier alpha value is -0.790. The Balaban J connectivity index is 2.02. The molecule has 0 atom stereocenters. The Labute approximate surface area is 117 Å². The molecule has 0 bridgehead atoms. The molecule has 0 amide bonds. The smallest absolute Gasteiger partial charge is 0.164 e. The predicted octanol–water partition coefficient (Wildman–Crippen LogP) is 4.49. The molecule has 0 aliphatic heterocycles. The third-order valence-corrected chi connectivity index (χ3v) is 5.30. The monoisotopic (exact) mass is 264 g/mol. The van der Waals surface area contributed by atoms with E-state index in [4.69, 9.17) is 4.74 Å². The SMILES string of the molecule is CO/C(=C\C(=O)C1(C)CCC1)C1CCC(C)(C)CC1. The van der Waals surface area contributed by atoms with Gasteiger partial charge in [-0.1, -0.05) is 27.2 Å². The molecule has 0 N–H and O–H groups in total. The van der Waals surface area contributed by atoms with Gasteiger partial charge in [0.15, 0.2) is 5.78 Å². The van der Waals surface area contributed by atoms with Gasteiger partial charge in [-0.2, -0.15) is 0 Å². The first-order chi connectivity index (χ1) is 8.86. The lowest BCUT2D eigenvalue weighted by atomic mass is 9.67. The zero-order chi connectivity index (χ0) is 14.1. The van der Waals surface area contributed by atoms with Crippen molar-refractivity contribution in [3.05, 3.63) is 11.8 Å². The van der Waals surface area contributed by atoms with E-state index >= 15 is 0 Å². The van der Waals surface area contributed by atoms with Crippen molar-refractivity contribution in [3.63, 3.8) is 0 Å². The van der Waals surface area contributed by atoms with Crippen LogP contribution in [-0.4, -0.2) is 12.9 Å². The van der Waals surface area contributed by atoms with Gasteiger partial charge in [-0.15, -0.1) is 0 Å². The van der Waals surface area contributed by atoms with Crippen LogP contribution >= 0.6 is 0 Å². The average molecular weight is 264 g/mol. The summed E-state index contributed by atoms with van der Waals surface area (Å²) in [5, 5.41) is 0. The van der Waals surface area contributed by atoms with E-state index in [0.29, 0.717) is 11.3 Å². The van der Waals surface area contributed by atoms with Crippen LogP contribution in [0.1, 0.15) is 65.7 Å². The molecule has 2 saturated carbocycles. The van der Waals surface area contributed by atoms with Gasteiger partial charge in [0.25, 0.3) is 0 Å². The molecule has 0 radical (unpaired) electrons. The summed E-state index contributed by atoms with van der Waals surface area (Å²) in [4.78, 5) is 12.3. The van der Waals surface area contributed by atoms with Crippen molar-refractivity contribution in [2.45, 2.75) is 65.7 Å². The topological polar surface area (TPSA) is 26.3 Å². The number of hydrogen-bond acceptors (Lipinski definition) is 2. The molecule has 2 fully saturated rings. The molecule has 0 aromatic carbocycles. The van der Waals surface area contributed by atoms with Crippen LogP contribution in [0.15, 0.2) is 11.8 Å². The van der Waals surface area contributed by atoms with Crippen molar-refractivity contribution >= 4 is 5.78 Å². The quantitative estimate of drug-likeness (QED) is 0.552. The van der Waals surface area contributed by atoms with Crippen LogP contribution in [0.5, 0.6) is 0 Å². The molecule has 2 rings (SSSR count). The van der Waals surface area contributed by atoms with Gasteiger partial charge < -0.3 is 4.74 Å². The third kappa shape index (κ3) is 3.21. The van der Waals surface area contributed by atoms with Gasteiger partial charge in [-0.3, -0.25) is 4.79 Å². The fraction of sp³-hybridized carbons (Fsp3) is 0.824. The Morgan fingerprint density at radius 3 is 2.11 bits per heavy atom. The minimum Gasteiger partial charge on any atom is -0.501 e. The molecular formula is C17H28O2. The maximum absolute atomic E-state index is 12.3. The molecule has 108 valence electrons. The van der Waals surface area contributed by atoms with Crippen molar-refractivity contribution in [1.82, 2.24) is 0 Å². The van der Waals surface area contributed by atoms with Crippen molar-refractivity contribution in [2.75, 3.05) is 7.11 Å². The Morgan fingerprint density at radius 1 is 1.11 bits per heavy atom. The molecule has 2 nitrogen and oxygen atoms in total. The van der Waals surface area contributed by atoms with Gasteiger partial charge in [0.1, 0.15) is 5.76 Å². The van der Waals surface area contributed by atoms with Crippen molar-refractivity contribution in [3.8, 4) is 0 Å². The first kappa shape index (κ1) is 14.6. The van der Waals surface area contributed by atoms with Crippen LogP contribution in [0.2, 0.25) is 0 Å². The molecule has 2 aliphatic carbocycles. The van der Waals surface area contributed by atoms with E-state index in [1.807, 2.05) is 6.08 Å². The number of rotatable bonds is 4.